The topological polar surface area (TPSA) is 184 Å². The summed E-state index contributed by atoms with van der Waals surface area (Å²) in [6.45, 7) is 0. The van der Waals surface area contributed by atoms with Gasteiger partial charge in [0.2, 0.25) is 0 Å². The van der Waals surface area contributed by atoms with Gasteiger partial charge in [0, 0.05) is 6.07 Å². The summed E-state index contributed by atoms with van der Waals surface area (Å²) in [7, 11) is -5.15. The summed E-state index contributed by atoms with van der Waals surface area (Å²) in [5, 5.41) is 31.9. The molecule has 12 nitrogen and oxygen atoms in total. The Labute approximate surface area is 153 Å². The molecule has 20 heavy (non-hydrogen) atoms. The Morgan fingerprint density at radius 3 is 1.70 bits per heavy atom. The molecule has 1 rings (SSSR count). The molecule has 0 bridgehead atoms. The summed E-state index contributed by atoms with van der Waals surface area (Å²) in [6.07, 6.45) is 0. The second kappa shape index (κ2) is 6.61. The summed E-state index contributed by atoms with van der Waals surface area (Å²) < 4.78 is 30.5. The molecule has 14 heteroatoms. The largest absolute Gasteiger partial charge is 1.00 e. The molecule has 1 aromatic carbocycles. The van der Waals surface area contributed by atoms with Gasteiger partial charge in [-0.2, -0.15) is 8.42 Å². The first-order valence-electron chi connectivity index (χ1n) is 4.15. The van der Waals surface area contributed by atoms with Crippen molar-refractivity contribution < 1.29 is 80.6 Å². The average molecular weight is 333 g/mol. The van der Waals surface area contributed by atoms with Gasteiger partial charge in [-0.15, -0.1) is 0 Å². The summed E-state index contributed by atoms with van der Waals surface area (Å²) in [4.78, 5) is 26.2. The van der Waals surface area contributed by atoms with Crippen molar-refractivity contribution in [3.8, 4) is 0 Å². The van der Waals surface area contributed by atoms with Crippen molar-refractivity contribution in [1.29, 1.82) is 0 Å². The number of hydrogen-bond acceptors (Lipinski definition) is 8. The number of nitro groups is 3. The monoisotopic (exact) mass is 333 g/mol. The number of hydrogen-bond donors (Lipinski definition) is 1. The van der Waals surface area contributed by atoms with Gasteiger partial charge in [0.1, 0.15) is 0 Å². The molecule has 0 aromatic heterocycles. The predicted octanol–water partition coefficient (Wildman–Crippen LogP) is -2.23. The van der Waals surface area contributed by atoms with Crippen LogP contribution in [0.25, 0.3) is 0 Å². The van der Waals surface area contributed by atoms with Crippen LogP contribution in [0.4, 0.5) is 17.1 Å². The summed E-state index contributed by atoms with van der Waals surface area (Å²) >= 11 is 0. The minimum Gasteiger partial charge on any atom is -1.00 e. The normalized spacial score (nSPS) is 10.4. The molecule has 0 aliphatic rings. The third-order valence-corrected chi connectivity index (χ3v) is 2.82. The summed E-state index contributed by atoms with van der Waals surface area (Å²) in [5.74, 6) is 0. The predicted molar refractivity (Wildman–Crippen MR) is 57.3 cm³/mol. The van der Waals surface area contributed by atoms with Crippen molar-refractivity contribution >= 4 is 27.2 Å². The van der Waals surface area contributed by atoms with E-state index in [2.05, 4.69) is 0 Å². The fraction of sp³-hybridized carbons (Fsp3) is 0. The van der Waals surface area contributed by atoms with Crippen molar-refractivity contribution in [2.24, 2.45) is 0 Å². The zero-order valence-electron chi connectivity index (χ0n) is 10.6. The number of benzene rings is 1. The number of rotatable bonds is 4. The smallest absolute Gasteiger partial charge is 1.00 e. The molecule has 0 aliphatic heterocycles. The Morgan fingerprint density at radius 2 is 1.40 bits per heavy atom. The molecule has 0 atom stereocenters. The van der Waals surface area contributed by atoms with E-state index in [1.54, 1.807) is 0 Å². The molecular formula is C6H4KN3O9S. The van der Waals surface area contributed by atoms with Gasteiger partial charge in [-0.3, -0.25) is 34.9 Å². The second-order valence-electron chi connectivity index (χ2n) is 3.03. The van der Waals surface area contributed by atoms with Crippen molar-refractivity contribution in [2.45, 2.75) is 4.90 Å². The van der Waals surface area contributed by atoms with Crippen molar-refractivity contribution in [2.75, 3.05) is 0 Å². The van der Waals surface area contributed by atoms with E-state index in [-0.39, 0.29) is 52.8 Å². The average Bonchev–Trinajstić information content (AvgIpc) is 2.25. The molecular weight excluding hydrogens is 329 g/mol. The Balaban J connectivity index is 0. The maximum atomic E-state index is 10.9. The fourth-order valence-corrected chi connectivity index (χ4v) is 1.92. The van der Waals surface area contributed by atoms with Gasteiger partial charge < -0.3 is 1.43 Å². The van der Waals surface area contributed by atoms with Crippen molar-refractivity contribution in [3.05, 3.63) is 42.5 Å². The van der Waals surface area contributed by atoms with Crippen LogP contribution in [0.3, 0.4) is 0 Å². The molecule has 0 amide bonds. The molecule has 0 aliphatic carbocycles. The minimum absolute atomic E-state index is 0. The van der Waals surface area contributed by atoms with Gasteiger partial charge in [0.15, 0.2) is 4.90 Å². The maximum Gasteiger partial charge on any atom is 1.00 e. The molecule has 0 spiro atoms. The second-order valence-corrected chi connectivity index (χ2v) is 4.42. The SMILES string of the molecule is O=[N+]([O-])c1ccc(S(=O)(=O)O)c([N+](=O)[O-])c1[N+](=O)[O-].[H-].[K+]. The summed E-state index contributed by atoms with van der Waals surface area (Å²) in [5.41, 5.74) is -4.55. The van der Waals surface area contributed by atoms with E-state index in [9.17, 15) is 38.8 Å². The third kappa shape index (κ3) is 3.75. The van der Waals surface area contributed by atoms with E-state index < -0.39 is 46.8 Å². The van der Waals surface area contributed by atoms with Gasteiger partial charge >= 0.3 is 78.6 Å². The van der Waals surface area contributed by atoms with E-state index in [0.29, 0.717) is 12.1 Å². The van der Waals surface area contributed by atoms with Crippen LogP contribution in [0, 0.1) is 30.3 Å². The molecule has 0 unspecified atom stereocenters. The van der Waals surface area contributed by atoms with Gasteiger partial charge in [0.25, 0.3) is 0 Å². The van der Waals surface area contributed by atoms with Gasteiger partial charge in [-0.05, 0) is 6.07 Å². The van der Waals surface area contributed by atoms with Gasteiger partial charge in [0.05, 0.1) is 14.8 Å². The third-order valence-electron chi connectivity index (χ3n) is 1.93. The van der Waals surface area contributed by atoms with E-state index in [1.807, 2.05) is 0 Å². The van der Waals surface area contributed by atoms with Crippen molar-refractivity contribution in [1.82, 2.24) is 0 Å². The van der Waals surface area contributed by atoms with Crippen LogP contribution >= 0.6 is 0 Å². The molecule has 0 saturated carbocycles. The van der Waals surface area contributed by atoms with Crippen LogP contribution in [-0.2, 0) is 10.1 Å². The molecule has 104 valence electrons. The Hall–Kier alpha value is -1.03. The van der Waals surface area contributed by atoms with Gasteiger partial charge in [-0.25, -0.2) is 0 Å². The molecule has 0 heterocycles. The van der Waals surface area contributed by atoms with Crippen molar-refractivity contribution in [3.63, 3.8) is 0 Å². The number of nitrogens with zero attached hydrogens (tertiary/aromatic N) is 3. The van der Waals surface area contributed by atoms with Crippen LogP contribution in [0.2, 0.25) is 0 Å². The number of nitro benzene ring substituents is 3. The Kier molecular flexibility index (Phi) is 6.27. The molecule has 0 fully saturated rings. The fourth-order valence-electron chi connectivity index (χ4n) is 1.26. The van der Waals surface area contributed by atoms with Crippen LogP contribution in [-0.4, -0.2) is 27.7 Å². The Bertz CT molecular complexity index is 706. The van der Waals surface area contributed by atoms with E-state index in [4.69, 9.17) is 4.55 Å². The van der Waals surface area contributed by atoms with Crippen LogP contribution in [0.15, 0.2) is 17.0 Å². The zero-order valence-corrected chi connectivity index (χ0v) is 13.6. The van der Waals surface area contributed by atoms with E-state index >= 15 is 0 Å². The van der Waals surface area contributed by atoms with E-state index in [1.165, 1.54) is 0 Å². The molecule has 1 aromatic rings. The van der Waals surface area contributed by atoms with Crippen LogP contribution in [0.1, 0.15) is 1.43 Å². The first-order valence-corrected chi connectivity index (χ1v) is 5.59. The summed E-state index contributed by atoms with van der Waals surface area (Å²) in [6, 6.07) is 0.729. The molecule has 0 saturated heterocycles. The van der Waals surface area contributed by atoms with Crippen LogP contribution in [0.5, 0.6) is 0 Å². The molecule has 0 radical (unpaired) electrons. The molecule has 1 N–H and O–H groups in total. The van der Waals surface area contributed by atoms with E-state index in [0.717, 1.165) is 0 Å². The standard InChI is InChI=1S/C6H3N3O9S.K.H/c10-7(11)3-1-2-4(19(16,17)18)6(9(14)15)5(3)8(12)13;;/h1-2H,(H,16,17,18);;/q;+1;-1. The van der Waals surface area contributed by atoms with Gasteiger partial charge in [-0.1, -0.05) is 0 Å². The maximum absolute atomic E-state index is 10.9. The minimum atomic E-state index is -5.15. The quantitative estimate of drug-likeness (QED) is 0.275. The first kappa shape index (κ1) is 19.0. The van der Waals surface area contributed by atoms with Crippen LogP contribution < -0.4 is 51.4 Å². The first-order chi connectivity index (χ1) is 8.57. The Morgan fingerprint density at radius 1 is 0.950 bits per heavy atom. The zero-order chi connectivity index (χ0) is 15.0.